The number of halogens is 3. The van der Waals surface area contributed by atoms with Gasteiger partial charge in [0.05, 0.1) is 6.61 Å². The lowest BCUT2D eigenvalue weighted by Gasteiger charge is -2.35. The van der Waals surface area contributed by atoms with Crippen molar-refractivity contribution in [3.8, 4) is 0 Å². The molecule has 0 saturated carbocycles. The Kier molecular flexibility index (Phi) is 5.65. The quantitative estimate of drug-likeness (QED) is 0.861. The van der Waals surface area contributed by atoms with Crippen LogP contribution in [0.3, 0.4) is 0 Å². The summed E-state index contributed by atoms with van der Waals surface area (Å²) >= 11 is 0. The van der Waals surface area contributed by atoms with Gasteiger partial charge in [-0.05, 0) is 25.3 Å². The molecular formula is C13H25F3N2O. The van der Waals surface area contributed by atoms with Crippen LogP contribution >= 0.6 is 0 Å². The van der Waals surface area contributed by atoms with Gasteiger partial charge in [0.2, 0.25) is 0 Å². The molecule has 2 unspecified atom stereocenters. The third-order valence-corrected chi connectivity index (χ3v) is 3.68. The highest BCUT2D eigenvalue weighted by molar-refractivity contribution is 4.88. The Hall–Kier alpha value is -0.330. The van der Waals surface area contributed by atoms with Gasteiger partial charge in [0.15, 0.2) is 0 Å². The van der Waals surface area contributed by atoms with Crippen molar-refractivity contribution in [3.63, 3.8) is 0 Å². The fourth-order valence-electron chi connectivity index (χ4n) is 2.30. The lowest BCUT2D eigenvalue weighted by molar-refractivity contribution is -0.325. The third kappa shape index (κ3) is 6.10. The maximum absolute atomic E-state index is 12.0. The lowest BCUT2D eigenvalue weighted by Crippen LogP contribution is -2.48. The summed E-state index contributed by atoms with van der Waals surface area (Å²) in [5.41, 5.74) is 0.0905. The fraction of sp³-hybridized carbons (Fsp3) is 1.00. The predicted molar refractivity (Wildman–Crippen MR) is 68.9 cm³/mol. The Balaban J connectivity index is 2.53. The Morgan fingerprint density at radius 1 is 1.26 bits per heavy atom. The van der Waals surface area contributed by atoms with Gasteiger partial charge < -0.3 is 5.32 Å². The summed E-state index contributed by atoms with van der Waals surface area (Å²) in [6, 6.07) is 0.556. The minimum absolute atomic E-state index is 0.0905. The molecule has 2 atom stereocenters. The molecule has 19 heavy (non-hydrogen) atoms. The molecule has 114 valence electrons. The molecule has 1 aliphatic rings. The minimum atomic E-state index is -4.53. The van der Waals surface area contributed by atoms with Gasteiger partial charge in [0.1, 0.15) is 0 Å². The first-order valence-electron chi connectivity index (χ1n) is 6.78. The number of hydrogen-bond donors (Lipinski definition) is 1. The van der Waals surface area contributed by atoms with E-state index < -0.39 is 6.36 Å². The van der Waals surface area contributed by atoms with Crippen LogP contribution in [-0.2, 0) is 4.74 Å². The summed E-state index contributed by atoms with van der Waals surface area (Å²) < 4.78 is 39.9. The molecule has 3 nitrogen and oxygen atoms in total. The van der Waals surface area contributed by atoms with Gasteiger partial charge in [0, 0.05) is 25.2 Å². The number of rotatable bonds is 3. The van der Waals surface area contributed by atoms with Crippen LogP contribution in [0.1, 0.15) is 34.1 Å². The van der Waals surface area contributed by atoms with Crippen molar-refractivity contribution in [1.29, 1.82) is 0 Å². The van der Waals surface area contributed by atoms with Crippen molar-refractivity contribution >= 4 is 0 Å². The monoisotopic (exact) mass is 282 g/mol. The van der Waals surface area contributed by atoms with Gasteiger partial charge in [-0.1, -0.05) is 20.8 Å². The van der Waals surface area contributed by atoms with Crippen molar-refractivity contribution in [2.24, 2.45) is 5.41 Å². The summed E-state index contributed by atoms with van der Waals surface area (Å²) in [7, 11) is 0. The number of alkyl halides is 3. The summed E-state index contributed by atoms with van der Waals surface area (Å²) in [4.78, 5) is 2.08. The van der Waals surface area contributed by atoms with Crippen LogP contribution < -0.4 is 5.32 Å². The van der Waals surface area contributed by atoms with Crippen LogP contribution in [0.25, 0.3) is 0 Å². The zero-order chi connectivity index (χ0) is 14.7. The van der Waals surface area contributed by atoms with Crippen LogP contribution in [-0.4, -0.2) is 49.6 Å². The zero-order valence-electron chi connectivity index (χ0n) is 12.2. The van der Waals surface area contributed by atoms with E-state index in [4.69, 9.17) is 0 Å². The molecular weight excluding hydrogens is 257 g/mol. The number of nitrogens with zero attached hydrogens (tertiary/aromatic N) is 1. The van der Waals surface area contributed by atoms with E-state index in [0.717, 1.165) is 19.5 Å². The van der Waals surface area contributed by atoms with E-state index in [1.165, 1.54) is 0 Å². The Morgan fingerprint density at radius 3 is 2.42 bits per heavy atom. The standard InChI is InChI=1S/C13H25F3N2O/c1-10-5-6-17-11(12(2,3)4)9-18(10)7-8-19-13(14,15)16/h10-11,17H,5-9H2,1-4H3. The summed E-state index contributed by atoms with van der Waals surface area (Å²) in [6.07, 6.45) is -3.59. The first-order chi connectivity index (χ1) is 8.59. The average molecular weight is 282 g/mol. The normalized spacial score (nSPS) is 27.3. The van der Waals surface area contributed by atoms with Crippen LogP contribution in [0.2, 0.25) is 0 Å². The van der Waals surface area contributed by atoms with Crippen molar-refractivity contribution in [3.05, 3.63) is 0 Å². The van der Waals surface area contributed by atoms with Crippen molar-refractivity contribution in [2.45, 2.75) is 52.6 Å². The molecule has 1 fully saturated rings. The van der Waals surface area contributed by atoms with E-state index in [2.05, 4.69) is 42.6 Å². The Labute approximate surface area is 113 Å². The second-order valence-corrected chi connectivity index (χ2v) is 6.30. The second kappa shape index (κ2) is 6.41. The van der Waals surface area contributed by atoms with Gasteiger partial charge >= 0.3 is 6.36 Å². The molecule has 0 aromatic carbocycles. The summed E-state index contributed by atoms with van der Waals surface area (Å²) in [5, 5.41) is 3.48. The number of nitrogens with one attached hydrogen (secondary N) is 1. The molecule has 0 bridgehead atoms. The van der Waals surface area contributed by atoms with Crippen LogP contribution in [0.4, 0.5) is 13.2 Å². The van der Waals surface area contributed by atoms with E-state index in [-0.39, 0.29) is 24.1 Å². The first-order valence-corrected chi connectivity index (χ1v) is 6.78. The van der Waals surface area contributed by atoms with Gasteiger partial charge in [-0.2, -0.15) is 0 Å². The fourth-order valence-corrected chi connectivity index (χ4v) is 2.30. The van der Waals surface area contributed by atoms with Crippen LogP contribution in [0, 0.1) is 5.41 Å². The molecule has 0 aliphatic carbocycles. The zero-order valence-corrected chi connectivity index (χ0v) is 12.2. The van der Waals surface area contributed by atoms with E-state index in [1.54, 1.807) is 0 Å². The van der Waals surface area contributed by atoms with E-state index >= 15 is 0 Å². The maximum atomic E-state index is 12.0. The lowest BCUT2D eigenvalue weighted by atomic mass is 9.86. The van der Waals surface area contributed by atoms with Crippen LogP contribution in [0.15, 0.2) is 0 Å². The molecule has 0 amide bonds. The summed E-state index contributed by atoms with van der Waals surface area (Å²) in [5.74, 6) is 0. The highest BCUT2D eigenvalue weighted by Gasteiger charge is 2.32. The van der Waals surface area contributed by atoms with Gasteiger partial charge in [-0.3, -0.25) is 9.64 Å². The topological polar surface area (TPSA) is 24.5 Å². The van der Waals surface area contributed by atoms with Crippen molar-refractivity contribution in [1.82, 2.24) is 10.2 Å². The average Bonchev–Trinajstić information content (AvgIpc) is 2.39. The Bertz CT molecular complexity index is 276. The van der Waals surface area contributed by atoms with E-state index in [1.807, 2.05) is 0 Å². The van der Waals surface area contributed by atoms with E-state index in [9.17, 15) is 13.2 Å². The van der Waals surface area contributed by atoms with Gasteiger partial charge in [-0.15, -0.1) is 13.2 Å². The van der Waals surface area contributed by atoms with Crippen molar-refractivity contribution in [2.75, 3.05) is 26.2 Å². The molecule has 1 saturated heterocycles. The first kappa shape index (κ1) is 16.7. The maximum Gasteiger partial charge on any atom is 0.522 e. The summed E-state index contributed by atoms with van der Waals surface area (Å²) in [6.45, 7) is 10.2. The second-order valence-electron chi connectivity index (χ2n) is 6.30. The minimum Gasteiger partial charge on any atom is -0.312 e. The largest absolute Gasteiger partial charge is 0.522 e. The van der Waals surface area contributed by atoms with Crippen LogP contribution in [0.5, 0.6) is 0 Å². The molecule has 0 aromatic heterocycles. The van der Waals surface area contributed by atoms with Gasteiger partial charge in [0.25, 0.3) is 0 Å². The molecule has 0 aromatic rings. The SMILES string of the molecule is CC1CCNC(C(C)(C)C)CN1CCOC(F)(F)F. The molecule has 1 heterocycles. The molecule has 0 spiro atoms. The molecule has 1 rings (SSSR count). The highest BCUT2D eigenvalue weighted by atomic mass is 19.4. The highest BCUT2D eigenvalue weighted by Crippen LogP contribution is 2.23. The van der Waals surface area contributed by atoms with Crippen molar-refractivity contribution < 1.29 is 17.9 Å². The molecule has 6 heteroatoms. The third-order valence-electron chi connectivity index (χ3n) is 3.68. The molecule has 0 radical (unpaired) electrons. The van der Waals surface area contributed by atoms with E-state index in [0.29, 0.717) is 6.54 Å². The number of ether oxygens (including phenoxy) is 1. The molecule has 1 N–H and O–H groups in total. The Morgan fingerprint density at radius 2 is 1.89 bits per heavy atom. The predicted octanol–water partition coefficient (Wildman–Crippen LogP) is 2.62. The molecule has 1 aliphatic heterocycles. The van der Waals surface area contributed by atoms with Gasteiger partial charge in [-0.25, -0.2) is 0 Å². The number of hydrogen-bond acceptors (Lipinski definition) is 3. The smallest absolute Gasteiger partial charge is 0.312 e.